The maximum atomic E-state index is 6.19. The predicted molar refractivity (Wildman–Crippen MR) is 81.2 cm³/mol. The highest BCUT2D eigenvalue weighted by atomic mass is 14.7. The van der Waals surface area contributed by atoms with Crippen molar-refractivity contribution < 1.29 is 0 Å². The maximum Gasteiger partial charge on any atom is 0.0108 e. The number of hydrogen-bond acceptors (Lipinski definition) is 1. The van der Waals surface area contributed by atoms with Gasteiger partial charge in [0.15, 0.2) is 0 Å². The summed E-state index contributed by atoms with van der Waals surface area (Å²) in [6.45, 7) is 4.31. The minimum Gasteiger partial charge on any atom is -0.327 e. The zero-order chi connectivity index (χ0) is 13.5. The van der Waals surface area contributed by atoms with Crippen LogP contribution in [-0.2, 0) is 5.41 Å². The summed E-state index contributed by atoms with van der Waals surface area (Å²) in [7, 11) is 0. The van der Waals surface area contributed by atoms with Gasteiger partial charge in [0.1, 0.15) is 0 Å². The maximum absolute atomic E-state index is 6.19. The van der Waals surface area contributed by atoms with Gasteiger partial charge in [0.25, 0.3) is 0 Å². The fourth-order valence-corrected chi connectivity index (χ4v) is 3.00. The van der Waals surface area contributed by atoms with Crippen molar-refractivity contribution in [3.05, 3.63) is 59.7 Å². The third-order valence-corrected chi connectivity index (χ3v) is 4.56. The summed E-state index contributed by atoms with van der Waals surface area (Å²) < 4.78 is 0. The third kappa shape index (κ3) is 2.08. The molecule has 0 radical (unpaired) electrons. The van der Waals surface area contributed by atoms with Crippen molar-refractivity contribution in [3.63, 3.8) is 0 Å². The average Bonchev–Trinajstić information content (AvgIpc) is 3.22. The van der Waals surface area contributed by atoms with Gasteiger partial charge in [-0.25, -0.2) is 0 Å². The average molecular weight is 251 g/mol. The summed E-state index contributed by atoms with van der Waals surface area (Å²) in [5.41, 5.74) is 11.8. The van der Waals surface area contributed by atoms with Crippen LogP contribution in [0.25, 0.3) is 11.1 Å². The molecule has 0 aliphatic heterocycles. The molecule has 0 saturated heterocycles. The van der Waals surface area contributed by atoms with E-state index in [9.17, 15) is 0 Å². The second kappa shape index (κ2) is 4.50. The van der Waals surface area contributed by atoms with Gasteiger partial charge in [-0.2, -0.15) is 0 Å². The van der Waals surface area contributed by atoms with Crippen LogP contribution in [0.3, 0.4) is 0 Å². The van der Waals surface area contributed by atoms with Crippen molar-refractivity contribution >= 4 is 0 Å². The van der Waals surface area contributed by atoms with Crippen LogP contribution < -0.4 is 5.73 Å². The molecule has 19 heavy (non-hydrogen) atoms. The summed E-state index contributed by atoms with van der Waals surface area (Å²) in [4.78, 5) is 0. The fraction of sp³-hybridized carbons (Fsp3) is 0.333. The molecule has 2 aromatic rings. The molecular weight excluding hydrogens is 230 g/mol. The Bertz CT molecular complexity index is 580. The smallest absolute Gasteiger partial charge is 0.0108 e. The SMILES string of the molecule is Cc1ccc(C2(C(C)N)CC2)cc1-c1ccccc1. The summed E-state index contributed by atoms with van der Waals surface area (Å²) in [5.74, 6) is 0. The van der Waals surface area contributed by atoms with E-state index < -0.39 is 0 Å². The molecule has 0 amide bonds. The van der Waals surface area contributed by atoms with Crippen molar-refractivity contribution in [2.75, 3.05) is 0 Å². The van der Waals surface area contributed by atoms with Crippen molar-refractivity contribution in [1.82, 2.24) is 0 Å². The van der Waals surface area contributed by atoms with Gasteiger partial charge in [-0.15, -0.1) is 0 Å². The molecule has 1 fully saturated rings. The van der Waals surface area contributed by atoms with Crippen LogP contribution in [0, 0.1) is 6.92 Å². The lowest BCUT2D eigenvalue weighted by molar-refractivity contribution is 0.557. The molecule has 0 heterocycles. The minimum absolute atomic E-state index is 0.233. The molecular formula is C18H21N. The molecule has 0 aromatic heterocycles. The van der Waals surface area contributed by atoms with E-state index in [1.165, 1.54) is 35.1 Å². The Labute approximate surface area is 115 Å². The van der Waals surface area contributed by atoms with Gasteiger partial charge in [0, 0.05) is 11.5 Å². The molecule has 1 saturated carbocycles. The molecule has 0 bridgehead atoms. The van der Waals surface area contributed by atoms with Crippen LogP contribution in [0.2, 0.25) is 0 Å². The van der Waals surface area contributed by atoms with Crippen molar-refractivity contribution in [3.8, 4) is 11.1 Å². The molecule has 1 aliphatic carbocycles. The molecule has 2 aromatic carbocycles. The van der Waals surface area contributed by atoms with Crippen LogP contribution in [0.5, 0.6) is 0 Å². The third-order valence-electron chi connectivity index (χ3n) is 4.56. The molecule has 1 nitrogen and oxygen atoms in total. The van der Waals surface area contributed by atoms with E-state index in [1.54, 1.807) is 0 Å². The lowest BCUT2D eigenvalue weighted by Crippen LogP contribution is -2.31. The fourth-order valence-electron chi connectivity index (χ4n) is 3.00. The highest BCUT2D eigenvalue weighted by Crippen LogP contribution is 2.51. The van der Waals surface area contributed by atoms with E-state index in [0.717, 1.165) is 0 Å². The van der Waals surface area contributed by atoms with Crippen LogP contribution in [-0.4, -0.2) is 6.04 Å². The summed E-state index contributed by atoms with van der Waals surface area (Å²) in [6, 6.07) is 17.7. The number of benzene rings is 2. The first-order chi connectivity index (χ1) is 9.13. The molecule has 2 N–H and O–H groups in total. The van der Waals surface area contributed by atoms with Crippen molar-refractivity contribution in [2.45, 2.75) is 38.1 Å². The lowest BCUT2D eigenvalue weighted by Gasteiger charge is -2.21. The van der Waals surface area contributed by atoms with Crippen molar-refractivity contribution in [2.24, 2.45) is 5.73 Å². The van der Waals surface area contributed by atoms with E-state index in [-0.39, 0.29) is 11.5 Å². The Morgan fingerprint density at radius 3 is 2.32 bits per heavy atom. The standard InChI is InChI=1S/C18H21N/c1-13-8-9-16(18(10-11-18)14(2)19)12-17(13)15-6-4-3-5-7-15/h3-9,12,14H,10-11,19H2,1-2H3. The predicted octanol–water partition coefficient (Wildman–Crippen LogP) is 4.04. The van der Waals surface area contributed by atoms with Crippen LogP contribution in [0.1, 0.15) is 30.9 Å². The van der Waals surface area contributed by atoms with Gasteiger partial charge in [-0.1, -0.05) is 48.5 Å². The Balaban J connectivity index is 2.07. The topological polar surface area (TPSA) is 26.0 Å². The zero-order valence-electron chi connectivity index (χ0n) is 11.7. The van der Waals surface area contributed by atoms with E-state index in [2.05, 4.69) is 62.4 Å². The van der Waals surface area contributed by atoms with Gasteiger partial charge in [-0.05, 0) is 48.9 Å². The molecule has 1 atom stereocenters. The quantitative estimate of drug-likeness (QED) is 0.875. The van der Waals surface area contributed by atoms with Crippen LogP contribution >= 0.6 is 0 Å². The monoisotopic (exact) mass is 251 g/mol. The van der Waals surface area contributed by atoms with E-state index in [1.807, 2.05) is 0 Å². The Kier molecular flexibility index (Phi) is 2.94. The first-order valence-electron chi connectivity index (χ1n) is 7.06. The normalized spacial score (nSPS) is 18.1. The largest absolute Gasteiger partial charge is 0.327 e. The second-order valence-corrected chi connectivity index (χ2v) is 5.84. The molecule has 3 rings (SSSR count). The molecule has 1 unspecified atom stereocenters. The number of rotatable bonds is 3. The van der Waals surface area contributed by atoms with E-state index >= 15 is 0 Å². The lowest BCUT2D eigenvalue weighted by atomic mass is 9.86. The number of nitrogens with two attached hydrogens (primary N) is 1. The van der Waals surface area contributed by atoms with Crippen molar-refractivity contribution in [1.29, 1.82) is 0 Å². The van der Waals surface area contributed by atoms with Gasteiger partial charge in [0.05, 0.1) is 0 Å². The van der Waals surface area contributed by atoms with Crippen LogP contribution in [0.4, 0.5) is 0 Å². The second-order valence-electron chi connectivity index (χ2n) is 5.84. The number of hydrogen-bond donors (Lipinski definition) is 1. The van der Waals surface area contributed by atoms with Gasteiger partial charge in [0.2, 0.25) is 0 Å². The summed E-state index contributed by atoms with van der Waals surface area (Å²) >= 11 is 0. The summed E-state index contributed by atoms with van der Waals surface area (Å²) in [5, 5.41) is 0. The molecule has 98 valence electrons. The zero-order valence-corrected chi connectivity index (χ0v) is 11.7. The number of aryl methyl sites for hydroxylation is 1. The first-order valence-corrected chi connectivity index (χ1v) is 7.06. The highest BCUT2D eigenvalue weighted by Gasteiger charge is 2.47. The summed E-state index contributed by atoms with van der Waals surface area (Å²) in [6.07, 6.45) is 2.45. The molecule has 1 heteroatoms. The molecule has 1 aliphatic rings. The molecule has 0 spiro atoms. The van der Waals surface area contributed by atoms with Gasteiger partial charge < -0.3 is 5.73 Å². The first kappa shape index (κ1) is 12.4. The van der Waals surface area contributed by atoms with E-state index in [0.29, 0.717) is 0 Å². The van der Waals surface area contributed by atoms with Gasteiger partial charge in [-0.3, -0.25) is 0 Å². The Morgan fingerprint density at radius 2 is 1.74 bits per heavy atom. The van der Waals surface area contributed by atoms with E-state index in [4.69, 9.17) is 5.73 Å². The highest BCUT2D eigenvalue weighted by molar-refractivity contribution is 5.68. The Hall–Kier alpha value is -1.60. The van der Waals surface area contributed by atoms with Gasteiger partial charge >= 0.3 is 0 Å². The Morgan fingerprint density at radius 1 is 1.05 bits per heavy atom. The minimum atomic E-state index is 0.233. The van der Waals surface area contributed by atoms with Crippen LogP contribution in [0.15, 0.2) is 48.5 Å².